The zero-order valence-electron chi connectivity index (χ0n) is 12.5. The number of β-lactam (4-membered cyclic amide) rings is 1. The Balaban J connectivity index is 1.68. The van der Waals surface area contributed by atoms with Gasteiger partial charge in [0.2, 0.25) is 11.8 Å². The molecule has 128 valence electrons. The Morgan fingerprint density at radius 3 is 2.62 bits per heavy atom. The van der Waals surface area contributed by atoms with Crippen molar-refractivity contribution in [3.63, 3.8) is 0 Å². The van der Waals surface area contributed by atoms with Gasteiger partial charge in [-0.15, -0.1) is 11.8 Å². The molecular weight excluding hydrogens is 334 g/mol. The number of aliphatic hydroxyl groups excluding tert-OH is 1. The number of carbonyl (C=O) groups excluding carboxylic acids is 2. The fourth-order valence-corrected chi connectivity index (χ4v) is 4.25. The number of nitrogens with one attached hydrogen (secondary N) is 1. The normalized spacial score (nSPS) is 30.1. The summed E-state index contributed by atoms with van der Waals surface area (Å²) in [5.74, 6) is -2.10. The van der Waals surface area contributed by atoms with Crippen LogP contribution in [0.2, 0.25) is 0 Å². The molecule has 2 aliphatic heterocycles. The third kappa shape index (κ3) is 2.74. The predicted molar refractivity (Wildman–Crippen MR) is 85.8 cm³/mol. The van der Waals surface area contributed by atoms with Gasteiger partial charge in [-0.05, 0) is 5.56 Å². The standard InChI is InChI=1S/C15H17N3O5S/c16-9(7-4-2-1-3-5-7)12(20)17-10-13(21)18-11(15(22)23)8(19)6-24-14(10)18/h1-5,8-11,14,19H,6,16H2,(H,17,20)(H,22,23)/t8?,9-,10-,11-,14-/m1/s1. The van der Waals surface area contributed by atoms with Crippen LogP contribution < -0.4 is 11.1 Å². The van der Waals surface area contributed by atoms with E-state index in [4.69, 9.17) is 5.73 Å². The van der Waals surface area contributed by atoms with E-state index in [0.29, 0.717) is 5.56 Å². The molecule has 0 aliphatic carbocycles. The number of amides is 2. The molecular formula is C15H17N3O5S. The van der Waals surface area contributed by atoms with Gasteiger partial charge in [-0.25, -0.2) is 4.79 Å². The topological polar surface area (TPSA) is 133 Å². The second-order valence-electron chi connectivity index (χ2n) is 5.69. The summed E-state index contributed by atoms with van der Waals surface area (Å²) in [6.45, 7) is 0. The average Bonchev–Trinajstić information content (AvgIpc) is 2.59. The molecule has 2 heterocycles. The molecule has 2 aliphatic rings. The number of aliphatic hydroxyl groups is 1. The number of benzene rings is 1. The first-order chi connectivity index (χ1) is 11.4. The maximum Gasteiger partial charge on any atom is 0.329 e. The molecule has 9 heteroatoms. The van der Waals surface area contributed by atoms with Crippen molar-refractivity contribution in [1.82, 2.24) is 10.2 Å². The van der Waals surface area contributed by atoms with E-state index in [1.807, 2.05) is 0 Å². The summed E-state index contributed by atoms with van der Waals surface area (Å²) in [5, 5.41) is 21.0. The summed E-state index contributed by atoms with van der Waals surface area (Å²) in [6.07, 6.45) is -1.13. The van der Waals surface area contributed by atoms with Gasteiger partial charge < -0.3 is 26.2 Å². The van der Waals surface area contributed by atoms with E-state index in [-0.39, 0.29) is 5.75 Å². The van der Waals surface area contributed by atoms with Crippen LogP contribution in [0.25, 0.3) is 0 Å². The minimum absolute atomic E-state index is 0.183. The highest BCUT2D eigenvalue weighted by atomic mass is 32.2. The average molecular weight is 351 g/mol. The van der Waals surface area contributed by atoms with Gasteiger partial charge >= 0.3 is 5.97 Å². The van der Waals surface area contributed by atoms with Crippen molar-refractivity contribution in [2.45, 2.75) is 29.6 Å². The fraction of sp³-hybridized carbons (Fsp3) is 0.400. The Morgan fingerprint density at radius 2 is 2.00 bits per heavy atom. The SMILES string of the molecule is N[C@@H](C(=O)N[C@@H]1C(=O)N2[C@@H]1SCC(O)[C@@H]2C(=O)O)c1ccccc1. The Hall–Kier alpha value is -2.10. The van der Waals surface area contributed by atoms with Crippen molar-refractivity contribution in [1.29, 1.82) is 0 Å². The molecule has 0 aromatic heterocycles. The summed E-state index contributed by atoms with van der Waals surface area (Å²) in [4.78, 5) is 36.9. The maximum atomic E-state index is 12.3. The summed E-state index contributed by atoms with van der Waals surface area (Å²) in [5.41, 5.74) is 6.52. The molecule has 5 atom stereocenters. The Morgan fingerprint density at radius 1 is 1.33 bits per heavy atom. The van der Waals surface area contributed by atoms with E-state index >= 15 is 0 Å². The highest BCUT2D eigenvalue weighted by Gasteiger charge is 2.57. The highest BCUT2D eigenvalue weighted by Crippen LogP contribution is 2.38. The number of aliphatic carboxylic acids is 1. The summed E-state index contributed by atoms with van der Waals surface area (Å²) in [7, 11) is 0. The van der Waals surface area contributed by atoms with Crippen LogP contribution in [0.3, 0.4) is 0 Å². The smallest absolute Gasteiger partial charge is 0.329 e. The van der Waals surface area contributed by atoms with Crippen LogP contribution in [0.5, 0.6) is 0 Å². The first-order valence-corrected chi connectivity index (χ1v) is 8.42. The monoisotopic (exact) mass is 351 g/mol. The first-order valence-electron chi connectivity index (χ1n) is 7.37. The van der Waals surface area contributed by atoms with Crippen molar-refractivity contribution >= 4 is 29.5 Å². The quantitative estimate of drug-likeness (QED) is 0.506. The Bertz CT molecular complexity index is 670. The van der Waals surface area contributed by atoms with Gasteiger partial charge in [-0.1, -0.05) is 30.3 Å². The lowest BCUT2D eigenvalue weighted by Gasteiger charge is -2.53. The number of hydrogen-bond donors (Lipinski definition) is 4. The molecule has 1 aromatic carbocycles. The van der Waals surface area contributed by atoms with Crippen LogP contribution in [-0.2, 0) is 14.4 Å². The van der Waals surface area contributed by atoms with Gasteiger partial charge in [-0.2, -0.15) is 0 Å². The number of carboxylic acid groups (broad SMARTS) is 1. The van der Waals surface area contributed by atoms with E-state index in [2.05, 4.69) is 5.32 Å². The van der Waals surface area contributed by atoms with Crippen molar-refractivity contribution in [2.24, 2.45) is 5.73 Å². The third-order valence-corrected chi connectivity index (χ3v) is 5.55. The van der Waals surface area contributed by atoms with E-state index < -0.39 is 47.4 Å². The minimum Gasteiger partial charge on any atom is -0.480 e. The fourth-order valence-electron chi connectivity index (χ4n) is 2.90. The number of nitrogens with two attached hydrogens (primary N) is 1. The lowest BCUT2D eigenvalue weighted by Crippen LogP contribution is -2.76. The molecule has 1 aromatic rings. The number of fused-ring (bicyclic) bond motifs is 1. The Kier molecular flexibility index (Phi) is 4.48. The summed E-state index contributed by atoms with van der Waals surface area (Å²) >= 11 is 1.24. The number of carbonyl (C=O) groups is 3. The number of nitrogens with zero attached hydrogens (tertiary/aromatic N) is 1. The van der Waals surface area contributed by atoms with Crippen LogP contribution in [-0.4, -0.2) is 62.2 Å². The number of thioether (sulfide) groups is 1. The van der Waals surface area contributed by atoms with Gasteiger partial charge in [0.05, 0.1) is 6.10 Å². The van der Waals surface area contributed by atoms with Gasteiger partial charge in [0.25, 0.3) is 0 Å². The van der Waals surface area contributed by atoms with Crippen LogP contribution >= 0.6 is 11.8 Å². The van der Waals surface area contributed by atoms with Gasteiger partial charge in [0, 0.05) is 5.75 Å². The predicted octanol–water partition coefficient (Wildman–Crippen LogP) is -1.10. The maximum absolute atomic E-state index is 12.3. The number of carboxylic acids is 1. The van der Waals surface area contributed by atoms with Crippen molar-refractivity contribution in [2.75, 3.05) is 5.75 Å². The Labute approximate surface area is 142 Å². The minimum atomic E-state index is -1.28. The lowest BCUT2D eigenvalue weighted by atomic mass is 9.98. The molecule has 3 rings (SSSR count). The van der Waals surface area contributed by atoms with Crippen molar-refractivity contribution < 1.29 is 24.6 Å². The molecule has 0 saturated carbocycles. The second kappa shape index (κ2) is 6.42. The van der Waals surface area contributed by atoms with Gasteiger partial charge in [0.1, 0.15) is 17.5 Å². The van der Waals surface area contributed by atoms with Gasteiger partial charge in [0.15, 0.2) is 6.04 Å². The van der Waals surface area contributed by atoms with Crippen molar-refractivity contribution in [3.05, 3.63) is 35.9 Å². The van der Waals surface area contributed by atoms with E-state index in [9.17, 15) is 24.6 Å². The van der Waals surface area contributed by atoms with Crippen molar-refractivity contribution in [3.8, 4) is 0 Å². The first kappa shape index (κ1) is 16.7. The van der Waals surface area contributed by atoms with Crippen LogP contribution in [0.1, 0.15) is 11.6 Å². The molecule has 5 N–H and O–H groups in total. The molecule has 1 unspecified atom stereocenters. The van der Waals surface area contributed by atoms with Crippen LogP contribution in [0.4, 0.5) is 0 Å². The summed E-state index contributed by atoms with van der Waals surface area (Å²) < 4.78 is 0. The largest absolute Gasteiger partial charge is 0.480 e. The molecule has 8 nitrogen and oxygen atoms in total. The zero-order chi connectivity index (χ0) is 17.4. The molecule has 2 saturated heterocycles. The molecule has 2 fully saturated rings. The van der Waals surface area contributed by atoms with E-state index in [0.717, 1.165) is 4.90 Å². The van der Waals surface area contributed by atoms with E-state index in [1.165, 1.54) is 11.8 Å². The number of rotatable bonds is 4. The highest BCUT2D eigenvalue weighted by molar-refractivity contribution is 8.00. The molecule has 0 bridgehead atoms. The van der Waals surface area contributed by atoms with Crippen LogP contribution in [0.15, 0.2) is 30.3 Å². The van der Waals surface area contributed by atoms with Gasteiger partial charge in [-0.3, -0.25) is 9.59 Å². The van der Waals surface area contributed by atoms with E-state index in [1.54, 1.807) is 30.3 Å². The lowest BCUT2D eigenvalue weighted by molar-refractivity contribution is -0.167. The molecule has 0 radical (unpaired) electrons. The third-order valence-electron chi connectivity index (χ3n) is 4.17. The zero-order valence-corrected chi connectivity index (χ0v) is 13.3. The molecule has 0 spiro atoms. The molecule has 24 heavy (non-hydrogen) atoms. The summed E-state index contributed by atoms with van der Waals surface area (Å²) in [6, 6.07) is 5.73. The number of hydrogen-bond acceptors (Lipinski definition) is 6. The second-order valence-corrected chi connectivity index (χ2v) is 6.84. The van der Waals surface area contributed by atoms with Crippen LogP contribution in [0, 0.1) is 0 Å². The molecule has 2 amide bonds.